The first-order chi connectivity index (χ1) is 19.4. The van der Waals surface area contributed by atoms with Gasteiger partial charge in [-0.3, -0.25) is 9.69 Å². The Bertz CT molecular complexity index is 1630. The number of aliphatic imine (C=N–C) groups is 1. The first-order valence-electron chi connectivity index (χ1n) is 13.7. The van der Waals surface area contributed by atoms with E-state index in [0.29, 0.717) is 41.8 Å². The highest BCUT2D eigenvalue weighted by atomic mass is 16.4. The van der Waals surface area contributed by atoms with Gasteiger partial charge in [-0.25, -0.2) is 9.79 Å². The monoisotopic (exact) mass is 536 g/mol. The lowest BCUT2D eigenvalue weighted by atomic mass is 9.99. The number of aromatic hydroxyl groups is 1. The number of aryl methyl sites for hydroxylation is 1. The summed E-state index contributed by atoms with van der Waals surface area (Å²) in [5.41, 5.74) is 6.57. The van der Waals surface area contributed by atoms with Crippen molar-refractivity contribution in [3.63, 3.8) is 0 Å². The Morgan fingerprint density at radius 3 is 2.38 bits per heavy atom. The third-order valence-corrected chi connectivity index (χ3v) is 7.90. The number of piperidine rings is 1. The molecule has 0 unspecified atom stereocenters. The largest absolute Gasteiger partial charge is 0.494 e. The molecule has 3 aromatic carbocycles. The lowest BCUT2D eigenvalue weighted by Gasteiger charge is -2.27. The number of H-pyrrole nitrogens is 1. The molecule has 40 heavy (non-hydrogen) atoms. The maximum absolute atomic E-state index is 13.0. The van der Waals surface area contributed by atoms with Gasteiger partial charge in [-0.1, -0.05) is 48.4 Å². The van der Waals surface area contributed by atoms with Crippen molar-refractivity contribution in [1.82, 2.24) is 14.8 Å². The molecular weight excluding hydrogens is 504 g/mol. The van der Waals surface area contributed by atoms with E-state index in [4.69, 9.17) is 4.99 Å². The Morgan fingerprint density at radius 2 is 1.62 bits per heavy atom. The van der Waals surface area contributed by atoms with Gasteiger partial charge in [-0.15, -0.1) is 0 Å². The number of aromatic carboxylic acids is 1. The number of rotatable bonds is 6. The van der Waals surface area contributed by atoms with Gasteiger partial charge in [0, 0.05) is 29.6 Å². The van der Waals surface area contributed by atoms with E-state index in [1.165, 1.54) is 18.6 Å². The van der Waals surface area contributed by atoms with E-state index < -0.39 is 5.97 Å². The smallest absolute Gasteiger partial charge is 0.335 e. The zero-order valence-corrected chi connectivity index (χ0v) is 22.5. The molecule has 3 heterocycles. The molecular formula is C32H32N4O4. The van der Waals surface area contributed by atoms with Crippen molar-refractivity contribution in [1.29, 1.82) is 0 Å². The molecule has 1 saturated heterocycles. The molecule has 1 aromatic heterocycles. The van der Waals surface area contributed by atoms with Crippen molar-refractivity contribution < 1.29 is 19.8 Å². The summed E-state index contributed by atoms with van der Waals surface area (Å²) in [7, 11) is 0. The van der Waals surface area contributed by atoms with Crippen molar-refractivity contribution in [2.24, 2.45) is 4.99 Å². The number of fused-ring (bicyclic) bond motifs is 2. The zero-order chi connectivity index (χ0) is 27.8. The number of hydrogen-bond donors (Lipinski definition) is 3. The first kappa shape index (κ1) is 25.8. The number of hydrogen-bond acceptors (Lipinski definition) is 5. The molecule has 8 nitrogen and oxygen atoms in total. The average Bonchev–Trinajstić information content (AvgIpc) is 3.52. The van der Waals surface area contributed by atoms with E-state index in [0.717, 1.165) is 53.9 Å². The number of carbonyl (C=O) groups excluding carboxylic acids is 1. The highest BCUT2D eigenvalue weighted by Gasteiger charge is 2.26. The number of carboxylic acids is 1. The van der Waals surface area contributed by atoms with Crippen LogP contribution in [0, 0.1) is 6.92 Å². The molecule has 1 amide bonds. The summed E-state index contributed by atoms with van der Waals surface area (Å²) in [6.45, 7) is 5.63. The topological polar surface area (TPSA) is 109 Å². The minimum atomic E-state index is -1.04. The van der Waals surface area contributed by atoms with Gasteiger partial charge in [0.2, 0.25) is 5.91 Å². The first-order valence-corrected chi connectivity index (χ1v) is 13.7. The predicted molar refractivity (Wildman–Crippen MR) is 154 cm³/mol. The van der Waals surface area contributed by atoms with Crippen LogP contribution in [-0.4, -0.2) is 62.2 Å². The lowest BCUT2D eigenvalue weighted by molar-refractivity contribution is -0.133. The number of nitrogens with zero attached hydrogens (tertiary/aromatic N) is 3. The van der Waals surface area contributed by atoms with E-state index >= 15 is 0 Å². The Morgan fingerprint density at radius 1 is 0.900 bits per heavy atom. The summed E-state index contributed by atoms with van der Waals surface area (Å²) in [4.78, 5) is 36.6. The molecule has 2 aliphatic rings. The van der Waals surface area contributed by atoms with Gasteiger partial charge in [0.05, 0.1) is 29.1 Å². The van der Waals surface area contributed by atoms with Gasteiger partial charge < -0.3 is 20.1 Å². The van der Waals surface area contributed by atoms with E-state index in [-0.39, 0.29) is 17.4 Å². The van der Waals surface area contributed by atoms with Crippen molar-refractivity contribution in [3.8, 4) is 5.88 Å². The molecule has 6 rings (SSSR count). The van der Waals surface area contributed by atoms with Crippen LogP contribution < -0.4 is 0 Å². The Kier molecular flexibility index (Phi) is 6.86. The van der Waals surface area contributed by atoms with Crippen LogP contribution in [0.1, 0.15) is 57.4 Å². The molecule has 0 radical (unpaired) electrons. The lowest BCUT2D eigenvalue weighted by Crippen LogP contribution is -2.40. The predicted octanol–water partition coefficient (Wildman–Crippen LogP) is 5.38. The summed E-state index contributed by atoms with van der Waals surface area (Å²) in [6, 6.07) is 18.6. The van der Waals surface area contributed by atoms with Gasteiger partial charge in [0.15, 0.2) is 5.88 Å². The summed E-state index contributed by atoms with van der Waals surface area (Å²) >= 11 is 0. The van der Waals surface area contributed by atoms with Crippen LogP contribution in [0.15, 0.2) is 65.7 Å². The normalized spacial score (nSPS) is 15.9. The maximum Gasteiger partial charge on any atom is 0.335 e. The number of aromatic nitrogens is 1. The summed E-state index contributed by atoms with van der Waals surface area (Å²) in [5.74, 6) is -0.952. The highest BCUT2D eigenvalue weighted by molar-refractivity contribution is 6.22. The van der Waals surface area contributed by atoms with E-state index in [9.17, 15) is 19.8 Å². The molecule has 0 bridgehead atoms. The molecule has 4 aromatic rings. The van der Waals surface area contributed by atoms with E-state index in [1.54, 1.807) is 6.07 Å². The Balaban J connectivity index is 1.34. The van der Waals surface area contributed by atoms with E-state index in [2.05, 4.69) is 9.88 Å². The van der Waals surface area contributed by atoms with Gasteiger partial charge in [-0.05, 0) is 68.2 Å². The zero-order valence-electron chi connectivity index (χ0n) is 22.5. The van der Waals surface area contributed by atoms with Gasteiger partial charge in [0.25, 0.3) is 0 Å². The Labute approximate surface area is 232 Å². The fraction of sp³-hybridized carbons (Fsp3) is 0.281. The fourth-order valence-corrected chi connectivity index (χ4v) is 5.70. The number of benzene rings is 3. The van der Waals surface area contributed by atoms with Crippen LogP contribution in [0.2, 0.25) is 0 Å². The summed E-state index contributed by atoms with van der Waals surface area (Å²) < 4.78 is 0. The van der Waals surface area contributed by atoms with Gasteiger partial charge in [0.1, 0.15) is 0 Å². The minimum absolute atomic E-state index is 0.0764. The van der Waals surface area contributed by atoms with Crippen LogP contribution in [0.25, 0.3) is 10.9 Å². The molecule has 204 valence electrons. The standard InChI is InChI=1S/C32H32N4O4/c1-20-5-7-21(8-6-20)30(29-26-12-10-22(32(39)40)16-27(26)34-31(29)38)33-25-11-9-23-17-36(18-24(23)15-25)28(37)19-35-13-3-2-4-14-35/h5-12,15-16,34,38H,2-4,13-14,17-19H2,1H3,(H,39,40). The van der Waals surface area contributed by atoms with Crippen molar-refractivity contribution >= 4 is 34.2 Å². The average molecular weight is 537 g/mol. The number of amides is 1. The molecule has 8 heteroatoms. The molecule has 3 N–H and O–H groups in total. The molecule has 1 fully saturated rings. The molecule has 2 aliphatic heterocycles. The maximum atomic E-state index is 13.0. The fourth-order valence-electron chi connectivity index (χ4n) is 5.70. The van der Waals surface area contributed by atoms with Crippen molar-refractivity contribution in [2.45, 2.75) is 39.3 Å². The highest BCUT2D eigenvalue weighted by Crippen LogP contribution is 2.33. The van der Waals surface area contributed by atoms with Crippen LogP contribution in [0.4, 0.5) is 5.69 Å². The second-order valence-electron chi connectivity index (χ2n) is 10.8. The number of carbonyl (C=O) groups is 2. The van der Waals surface area contributed by atoms with Crippen molar-refractivity contribution in [2.75, 3.05) is 19.6 Å². The second kappa shape index (κ2) is 10.6. The van der Waals surface area contributed by atoms with Crippen LogP contribution >= 0.6 is 0 Å². The molecule has 0 aliphatic carbocycles. The minimum Gasteiger partial charge on any atom is -0.494 e. The van der Waals surface area contributed by atoms with Crippen LogP contribution in [0.3, 0.4) is 0 Å². The third kappa shape index (κ3) is 5.10. The number of nitrogens with one attached hydrogen (secondary N) is 1. The number of carboxylic acid groups (broad SMARTS) is 1. The molecule has 0 saturated carbocycles. The van der Waals surface area contributed by atoms with Gasteiger partial charge >= 0.3 is 5.97 Å². The second-order valence-corrected chi connectivity index (χ2v) is 10.8. The van der Waals surface area contributed by atoms with Crippen molar-refractivity contribution in [3.05, 3.63) is 94.0 Å². The summed E-state index contributed by atoms with van der Waals surface area (Å²) in [6.07, 6.45) is 3.56. The summed E-state index contributed by atoms with van der Waals surface area (Å²) in [5, 5.41) is 21.1. The third-order valence-electron chi connectivity index (χ3n) is 7.90. The van der Waals surface area contributed by atoms with E-state index in [1.807, 2.05) is 54.3 Å². The van der Waals surface area contributed by atoms with Gasteiger partial charge in [-0.2, -0.15) is 0 Å². The quantitative estimate of drug-likeness (QED) is 0.287. The number of likely N-dealkylation sites (tertiary alicyclic amines) is 1. The molecule has 0 atom stereocenters. The van der Waals surface area contributed by atoms with Crippen LogP contribution in [-0.2, 0) is 17.9 Å². The Hall–Kier alpha value is -4.43. The SMILES string of the molecule is Cc1ccc(C(=Nc2ccc3c(c2)CN(C(=O)CN2CCCCC2)C3)c2c(O)[nH]c3cc(C(=O)O)ccc23)cc1. The number of aromatic amines is 1. The molecule has 0 spiro atoms. The van der Waals surface area contributed by atoms with Crippen LogP contribution in [0.5, 0.6) is 5.88 Å².